The number of fused-ring (bicyclic) bond motifs is 1. The number of para-hydroxylation sites is 1. The molecule has 0 aliphatic carbocycles. The molecule has 176 valence electrons. The molecule has 1 aliphatic heterocycles. The van der Waals surface area contributed by atoms with Gasteiger partial charge in [0.1, 0.15) is 11.4 Å². The van der Waals surface area contributed by atoms with Gasteiger partial charge in [0.25, 0.3) is 11.8 Å². The number of amides is 2. The van der Waals surface area contributed by atoms with Crippen LogP contribution in [0.15, 0.2) is 83.6 Å². The van der Waals surface area contributed by atoms with E-state index in [9.17, 15) is 14.4 Å². The van der Waals surface area contributed by atoms with E-state index in [4.69, 9.17) is 14.2 Å². The van der Waals surface area contributed by atoms with Crippen molar-refractivity contribution in [2.24, 2.45) is 5.10 Å². The summed E-state index contributed by atoms with van der Waals surface area (Å²) in [5, 5.41) is 6.59. The minimum atomic E-state index is -0.659. The Bertz CT molecular complexity index is 1320. The molecular formula is C26H21N3O6. The van der Waals surface area contributed by atoms with Crippen molar-refractivity contribution in [2.75, 3.05) is 6.79 Å². The maximum absolute atomic E-state index is 13.0. The molecule has 4 rings (SSSR count). The van der Waals surface area contributed by atoms with Crippen LogP contribution in [0.1, 0.15) is 28.4 Å². The van der Waals surface area contributed by atoms with Gasteiger partial charge in [0, 0.05) is 18.1 Å². The van der Waals surface area contributed by atoms with E-state index in [1.807, 2.05) is 0 Å². The largest absolute Gasteiger partial charge is 0.454 e. The van der Waals surface area contributed by atoms with E-state index in [1.54, 1.807) is 72.8 Å². The predicted molar refractivity (Wildman–Crippen MR) is 128 cm³/mol. The smallest absolute Gasteiger partial charge is 0.308 e. The number of rotatable bonds is 7. The second kappa shape index (κ2) is 10.8. The molecule has 2 amide bonds. The first-order valence-electron chi connectivity index (χ1n) is 10.6. The third-order valence-electron chi connectivity index (χ3n) is 4.78. The Hall–Kier alpha value is -4.92. The molecule has 0 unspecified atom stereocenters. The molecule has 3 aromatic carbocycles. The van der Waals surface area contributed by atoms with Crippen molar-refractivity contribution in [3.05, 3.63) is 95.2 Å². The number of ether oxygens (including phenoxy) is 3. The third kappa shape index (κ3) is 6.11. The fraction of sp³-hybridized carbons (Fsp3) is 0.0769. The number of esters is 1. The Morgan fingerprint density at radius 3 is 2.49 bits per heavy atom. The van der Waals surface area contributed by atoms with Gasteiger partial charge in [-0.05, 0) is 48.0 Å². The van der Waals surface area contributed by atoms with Gasteiger partial charge in [-0.15, -0.1) is 0 Å². The van der Waals surface area contributed by atoms with Gasteiger partial charge in [-0.1, -0.05) is 36.4 Å². The van der Waals surface area contributed by atoms with Gasteiger partial charge in [0.15, 0.2) is 11.5 Å². The van der Waals surface area contributed by atoms with E-state index < -0.39 is 17.8 Å². The molecule has 1 heterocycles. The average molecular weight is 471 g/mol. The summed E-state index contributed by atoms with van der Waals surface area (Å²) in [6.07, 6.45) is 2.84. The molecular weight excluding hydrogens is 450 g/mol. The van der Waals surface area contributed by atoms with E-state index in [0.717, 1.165) is 0 Å². The van der Waals surface area contributed by atoms with Crippen LogP contribution in [0.4, 0.5) is 0 Å². The minimum Gasteiger partial charge on any atom is -0.454 e. The predicted octanol–water partition coefficient (Wildman–Crippen LogP) is 3.26. The maximum atomic E-state index is 13.0. The number of carbonyl (C=O) groups excluding carboxylic acids is 3. The number of hydrogen-bond acceptors (Lipinski definition) is 7. The van der Waals surface area contributed by atoms with Crippen LogP contribution in [0.2, 0.25) is 0 Å². The zero-order valence-electron chi connectivity index (χ0n) is 18.7. The summed E-state index contributed by atoms with van der Waals surface area (Å²) in [6, 6.07) is 20.4. The van der Waals surface area contributed by atoms with E-state index in [0.29, 0.717) is 33.9 Å². The molecule has 0 radical (unpaired) electrons. The van der Waals surface area contributed by atoms with Crippen LogP contribution in [0, 0.1) is 0 Å². The molecule has 9 nitrogen and oxygen atoms in total. The summed E-state index contributed by atoms with van der Waals surface area (Å²) >= 11 is 0. The van der Waals surface area contributed by atoms with Gasteiger partial charge in [0.2, 0.25) is 6.79 Å². The minimum absolute atomic E-state index is 0.0388. The molecule has 0 spiro atoms. The molecule has 0 bridgehead atoms. The number of nitrogens with one attached hydrogen (secondary N) is 2. The molecule has 9 heteroatoms. The second-order valence-corrected chi connectivity index (χ2v) is 7.32. The first-order valence-corrected chi connectivity index (χ1v) is 10.6. The van der Waals surface area contributed by atoms with Crippen molar-refractivity contribution in [3.63, 3.8) is 0 Å². The highest BCUT2D eigenvalue weighted by Crippen LogP contribution is 2.33. The summed E-state index contributed by atoms with van der Waals surface area (Å²) in [4.78, 5) is 37.0. The van der Waals surface area contributed by atoms with Crippen LogP contribution in [0.25, 0.3) is 6.08 Å². The summed E-state index contributed by atoms with van der Waals surface area (Å²) in [6.45, 7) is 1.41. The van der Waals surface area contributed by atoms with Gasteiger partial charge >= 0.3 is 5.97 Å². The Morgan fingerprint density at radius 1 is 0.943 bits per heavy atom. The quantitative estimate of drug-likeness (QED) is 0.180. The number of carbonyl (C=O) groups is 3. The van der Waals surface area contributed by atoms with E-state index >= 15 is 0 Å². The third-order valence-corrected chi connectivity index (χ3v) is 4.78. The van der Waals surface area contributed by atoms with E-state index in [-0.39, 0.29) is 12.5 Å². The lowest BCUT2D eigenvalue weighted by atomic mass is 10.1. The zero-order chi connectivity index (χ0) is 24.6. The summed E-state index contributed by atoms with van der Waals surface area (Å²) < 4.78 is 15.8. The van der Waals surface area contributed by atoms with Crippen LogP contribution in [0.3, 0.4) is 0 Å². The molecule has 0 aromatic heterocycles. The molecule has 2 N–H and O–H groups in total. The van der Waals surface area contributed by atoms with Crippen molar-refractivity contribution >= 4 is 30.1 Å². The number of hydrogen-bond donors (Lipinski definition) is 2. The molecule has 35 heavy (non-hydrogen) atoms. The fourth-order valence-electron chi connectivity index (χ4n) is 3.17. The van der Waals surface area contributed by atoms with Gasteiger partial charge in [-0.2, -0.15) is 5.10 Å². The SMILES string of the molecule is CC(=O)Oc1ccccc1/C=N/NC(=O)/C(=C\c1ccc2c(c1)OCO2)NC(=O)c1ccccc1. The highest BCUT2D eigenvalue weighted by Gasteiger charge is 2.17. The van der Waals surface area contributed by atoms with Gasteiger partial charge in [-0.25, -0.2) is 5.43 Å². The lowest BCUT2D eigenvalue weighted by Crippen LogP contribution is -2.32. The average Bonchev–Trinajstić information content (AvgIpc) is 3.33. The van der Waals surface area contributed by atoms with Gasteiger partial charge < -0.3 is 19.5 Å². The standard InChI is InChI=1S/C26H21N3O6/c1-17(30)35-22-10-6-5-9-20(22)15-27-29-26(32)21(28-25(31)19-7-3-2-4-8-19)13-18-11-12-23-24(14-18)34-16-33-23/h2-15H,16H2,1H3,(H,28,31)(H,29,32)/b21-13+,27-15+. The topological polar surface area (TPSA) is 115 Å². The fourth-order valence-corrected chi connectivity index (χ4v) is 3.17. The highest BCUT2D eigenvalue weighted by molar-refractivity contribution is 6.05. The van der Waals surface area contributed by atoms with Gasteiger partial charge in [0.05, 0.1) is 6.21 Å². The van der Waals surface area contributed by atoms with E-state index in [1.165, 1.54) is 19.2 Å². The van der Waals surface area contributed by atoms with Crippen LogP contribution in [0.5, 0.6) is 17.2 Å². The Balaban J connectivity index is 1.56. The van der Waals surface area contributed by atoms with Crippen LogP contribution in [-0.2, 0) is 9.59 Å². The lowest BCUT2D eigenvalue weighted by molar-refractivity contribution is -0.131. The number of hydrazone groups is 1. The van der Waals surface area contributed by atoms with Crippen LogP contribution < -0.4 is 25.0 Å². The van der Waals surface area contributed by atoms with Gasteiger partial charge in [-0.3, -0.25) is 14.4 Å². The lowest BCUT2D eigenvalue weighted by Gasteiger charge is -2.10. The molecule has 0 fully saturated rings. The Morgan fingerprint density at radius 2 is 1.69 bits per heavy atom. The molecule has 0 atom stereocenters. The summed E-state index contributed by atoms with van der Waals surface area (Å²) in [7, 11) is 0. The van der Waals surface area contributed by atoms with Crippen molar-refractivity contribution in [2.45, 2.75) is 6.92 Å². The first-order chi connectivity index (χ1) is 17.0. The maximum Gasteiger partial charge on any atom is 0.308 e. The highest BCUT2D eigenvalue weighted by atomic mass is 16.7. The Kier molecular flexibility index (Phi) is 7.17. The van der Waals surface area contributed by atoms with Crippen molar-refractivity contribution in [1.29, 1.82) is 0 Å². The van der Waals surface area contributed by atoms with E-state index in [2.05, 4.69) is 15.8 Å². The van der Waals surface area contributed by atoms with Crippen LogP contribution >= 0.6 is 0 Å². The van der Waals surface area contributed by atoms with Crippen molar-refractivity contribution in [1.82, 2.24) is 10.7 Å². The molecule has 0 saturated carbocycles. The van der Waals surface area contributed by atoms with Crippen molar-refractivity contribution in [3.8, 4) is 17.2 Å². The zero-order valence-corrected chi connectivity index (χ0v) is 18.7. The normalized spacial score (nSPS) is 12.3. The molecule has 3 aromatic rings. The van der Waals surface area contributed by atoms with Crippen molar-refractivity contribution < 1.29 is 28.6 Å². The monoisotopic (exact) mass is 471 g/mol. The Labute approximate surface area is 201 Å². The number of benzene rings is 3. The molecule has 0 saturated heterocycles. The first kappa shape index (κ1) is 23.2. The molecule has 1 aliphatic rings. The van der Waals surface area contributed by atoms with Crippen LogP contribution in [-0.4, -0.2) is 30.8 Å². The summed E-state index contributed by atoms with van der Waals surface area (Å²) in [5.41, 5.74) is 3.83. The second-order valence-electron chi connectivity index (χ2n) is 7.32. The number of nitrogens with zero attached hydrogens (tertiary/aromatic N) is 1. The summed E-state index contributed by atoms with van der Waals surface area (Å²) in [5.74, 6) is -0.172.